The molecular weight excluding hydrogens is 397 g/mol. The number of hydrogen-bond donors (Lipinski definition) is 4. The van der Waals surface area contributed by atoms with Crippen molar-refractivity contribution < 1.29 is 17.6 Å². The number of nitrogens with zero attached hydrogens (tertiary/aromatic N) is 1. The number of halogens is 2. The highest BCUT2D eigenvalue weighted by Gasteiger charge is 2.44. The van der Waals surface area contributed by atoms with Crippen LogP contribution in [0.15, 0.2) is 0 Å². The molecule has 2 saturated heterocycles. The zero-order valence-corrected chi connectivity index (χ0v) is 17.0. The van der Waals surface area contributed by atoms with Gasteiger partial charge in [-0.15, -0.1) is 16.4 Å². The molecule has 2 heterocycles. The highest BCUT2D eigenvalue weighted by Crippen LogP contribution is 2.37. The van der Waals surface area contributed by atoms with E-state index < -0.39 is 38.6 Å². The molecule has 3 fully saturated rings. The van der Waals surface area contributed by atoms with Crippen LogP contribution in [0.3, 0.4) is 0 Å². The van der Waals surface area contributed by atoms with Crippen molar-refractivity contribution in [3.05, 3.63) is 0 Å². The van der Waals surface area contributed by atoms with Gasteiger partial charge in [0.2, 0.25) is 15.9 Å². The molecule has 27 heavy (non-hydrogen) atoms. The first-order valence-electron chi connectivity index (χ1n) is 9.49. The number of alkyl halides is 2. The smallest absolute Gasteiger partial charge is 0.241 e. The Balaban J connectivity index is 1.58. The van der Waals surface area contributed by atoms with Crippen LogP contribution in [0.25, 0.3) is 0 Å². The fourth-order valence-corrected chi connectivity index (χ4v) is 5.87. The Hall–Kier alpha value is -0.520. The third-order valence-electron chi connectivity index (χ3n) is 5.86. The molecular formula is C16H29ClFN5O3S. The third-order valence-corrected chi connectivity index (χ3v) is 7.94. The molecule has 3 aliphatic rings. The molecule has 156 valence electrons. The molecule has 6 atom stereocenters. The fraction of sp³-hybridized carbons (Fsp3) is 0.938. The quantitative estimate of drug-likeness (QED) is 0.350. The van der Waals surface area contributed by atoms with E-state index in [1.807, 2.05) is 7.05 Å². The molecule has 0 aromatic carbocycles. The van der Waals surface area contributed by atoms with Gasteiger partial charge in [-0.1, -0.05) is 0 Å². The molecule has 1 aliphatic carbocycles. The summed E-state index contributed by atoms with van der Waals surface area (Å²) in [5.41, 5.74) is 2.23. The SMILES string of the molecule is CN1CNC(C2CC(Cl)C(F)C(C(=O)NNS(=O)(=O)C3CCCNC3)C2)C1. The Bertz CT molecular complexity index is 634. The summed E-state index contributed by atoms with van der Waals surface area (Å²) in [4.78, 5) is 16.8. The lowest BCUT2D eigenvalue weighted by atomic mass is 9.76. The predicted octanol–water partition coefficient (Wildman–Crippen LogP) is -0.478. The van der Waals surface area contributed by atoms with Crippen LogP contribution in [0.1, 0.15) is 25.7 Å². The maximum Gasteiger partial charge on any atom is 0.241 e. The van der Waals surface area contributed by atoms with Gasteiger partial charge in [0.1, 0.15) is 6.17 Å². The number of nitrogens with one attached hydrogen (secondary N) is 4. The second-order valence-corrected chi connectivity index (χ2v) is 10.4. The molecule has 0 aromatic rings. The fourth-order valence-electron chi connectivity index (χ4n) is 4.24. The van der Waals surface area contributed by atoms with Crippen LogP contribution in [0, 0.1) is 11.8 Å². The van der Waals surface area contributed by atoms with Gasteiger partial charge in [0, 0.05) is 25.8 Å². The average Bonchev–Trinajstić information content (AvgIpc) is 3.09. The summed E-state index contributed by atoms with van der Waals surface area (Å²) in [7, 11) is -1.71. The van der Waals surface area contributed by atoms with Gasteiger partial charge in [-0.25, -0.2) is 12.8 Å². The van der Waals surface area contributed by atoms with Gasteiger partial charge in [-0.2, -0.15) is 0 Å². The van der Waals surface area contributed by atoms with E-state index in [0.29, 0.717) is 25.8 Å². The Kier molecular flexibility index (Phi) is 6.97. The molecule has 2 aliphatic heterocycles. The molecule has 11 heteroatoms. The van der Waals surface area contributed by atoms with Crippen molar-refractivity contribution >= 4 is 27.5 Å². The minimum atomic E-state index is -3.70. The first kappa shape index (κ1) is 21.2. The van der Waals surface area contributed by atoms with E-state index in [1.165, 1.54) is 0 Å². The Morgan fingerprint density at radius 2 is 2.11 bits per heavy atom. The van der Waals surface area contributed by atoms with E-state index in [2.05, 4.69) is 25.8 Å². The van der Waals surface area contributed by atoms with E-state index in [-0.39, 0.29) is 12.0 Å². The maximum atomic E-state index is 14.6. The van der Waals surface area contributed by atoms with Gasteiger partial charge < -0.3 is 5.32 Å². The van der Waals surface area contributed by atoms with Gasteiger partial charge in [-0.3, -0.25) is 20.4 Å². The molecule has 4 N–H and O–H groups in total. The Labute approximate surface area is 165 Å². The molecule has 6 unspecified atom stereocenters. The van der Waals surface area contributed by atoms with Gasteiger partial charge in [0.15, 0.2) is 0 Å². The third kappa shape index (κ3) is 5.10. The zero-order chi connectivity index (χ0) is 19.6. The average molecular weight is 426 g/mol. The lowest BCUT2D eigenvalue weighted by Crippen LogP contribution is -2.54. The van der Waals surface area contributed by atoms with E-state index in [9.17, 15) is 17.6 Å². The van der Waals surface area contributed by atoms with E-state index in [4.69, 9.17) is 11.6 Å². The normalized spacial score (nSPS) is 38.6. The largest absolute Gasteiger partial charge is 0.315 e. The first-order valence-corrected chi connectivity index (χ1v) is 11.5. The molecule has 1 amide bonds. The summed E-state index contributed by atoms with van der Waals surface area (Å²) in [6, 6.07) is 0.157. The van der Waals surface area contributed by atoms with Crippen molar-refractivity contribution in [1.29, 1.82) is 0 Å². The van der Waals surface area contributed by atoms with Crippen molar-refractivity contribution in [2.45, 2.75) is 48.5 Å². The number of piperidine rings is 1. The van der Waals surface area contributed by atoms with Crippen LogP contribution in [0.2, 0.25) is 0 Å². The van der Waals surface area contributed by atoms with Crippen LogP contribution in [-0.4, -0.2) is 75.4 Å². The molecule has 0 spiro atoms. The summed E-state index contributed by atoms with van der Waals surface area (Å²) >= 11 is 6.18. The van der Waals surface area contributed by atoms with Crippen LogP contribution in [0.4, 0.5) is 4.39 Å². The van der Waals surface area contributed by atoms with Crippen molar-refractivity contribution in [2.24, 2.45) is 11.8 Å². The van der Waals surface area contributed by atoms with Gasteiger partial charge in [-0.05, 0) is 45.2 Å². The highest BCUT2D eigenvalue weighted by molar-refractivity contribution is 7.90. The standard InChI is InChI=1S/C16H29ClFN5O3S/c1-23-8-14(20-9-23)10-5-12(15(18)13(17)6-10)16(24)21-22-27(25,26)11-3-2-4-19-7-11/h10-15,19-20,22H,2-9H2,1H3,(H,21,24). The van der Waals surface area contributed by atoms with Crippen LogP contribution in [-0.2, 0) is 14.8 Å². The predicted molar refractivity (Wildman–Crippen MR) is 101 cm³/mol. The summed E-state index contributed by atoms with van der Waals surface area (Å²) < 4.78 is 39.2. The number of carbonyl (C=O) groups is 1. The molecule has 0 radical (unpaired) electrons. The van der Waals surface area contributed by atoms with Crippen molar-refractivity contribution in [2.75, 3.05) is 33.4 Å². The minimum absolute atomic E-state index is 0.0688. The second kappa shape index (κ2) is 8.87. The molecule has 0 bridgehead atoms. The monoisotopic (exact) mass is 425 g/mol. The lowest BCUT2D eigenvalue weighted by molar-refractivity contribution is -0.129. The van der Waals surface area contributed by atoms with Crippen molar-refractivity contribution in [3.8, 4) is 0 Å². The number of hydrazine groups is 1. The summed E-state index contributed by atoms with van der Waals surface area (Å²) in [5, 5.41) is 5.03. The molecule has 0 aromatic heterocycles. The number of likely N-dealkylation sites (N-methyl/N-ethyl adjacent to an activating group) is 1. The zero-order valence-electron chi connectivity index (χ0n) is 15.5. The van der Waals surface area contributed by atoms with Crippen LogP contribution in [0.5, 0.6) is 0 Å². The van der Waals surface area contributed by atoms with E-state index >= 15 is 0 Å². The second-order valence-electron chi connectivity index (χ2n) is 7.91. The minimum Gasteiger partial charge on any atom is -0.315 e. The van der Waals surface area contributed by atoms with Crippen LogP contribution >= 0.6 is 11.6 Å². The van der Waals surface area contributed by atoms with Crippen molar-refractivity contribution in [3.63, 3.8) is 0 Å². The summed E-state index contributed by atoms with van der Waals surface area (Å²) in [5.74, 6) is -1.55. The number of amides is 1. The Morgan fingerprint density at radius 1 is 1.33 bits per heavy atom. The van der Waals surface area contributed by atoms with E-state index in [0.717, 1.165) is 26.2 Å². The molecule has 8 nitrogen and oxygen atoms in total. The number of sulfonamides is 1. The first-order chi connectivity index (χ1) is 12.8. The van der Waals surface area contributed by atoms with E-state index in [1.54, 1.807) is 0 Å². The Morgan fingerprint density at radius 3 is 2.74 bits per heavy atom. The maximum absolute atomic E-state index is 14.6. The van der Waals surface area contributed by atoms with Gasteiger partial charge in [0.25, 0.3) is 0 Å². The topological polar surface area (TPSA) is 103 Å². The number of rotatable bonds is 5. The van der Waals surface area contributed by atoms with Crippen LogP contribution < -0.4 is 20.9 Å². The molecule has 1 saturated carbocycles. The molecule has 3 rings (SSSR count). The number of hydrogen-bond acceptors (Lipinski definition) is 6. The number of carbonyl (C=O) groups excluding carboxylic acids is 1. The van der Waals surface area contributed by atoms with Gasteiger partial charge in [0.05, 0.1) is 16.5 Å². The summed E-state index contributed by atoms with van der Waals surface area (Å²) in [6.45, 7) is 2.69. The van der Waals surface area contributed by atoms with Gasteiger partial charge >= 0.3 is 0 Å². The highest BCUT2D eigenvalue weighted by atomic mass is 35.5. The summed E-state index contributed by atoms with van der Waals surface area (Å²) in [6.07, 6.45) is 0.627. The lowest BCUT2D eigenvalue weighted by Gasteiger charge is -2.37. The van der Waals surface area contributed by atoms with Crippen molar-refractivity contribution in [1.82, 2.24) is 25.8 Å².